The first-order chi connectivity index (χ1) is 30.8. The zero-order chi connectivity index (χ0) is 40.7. The second-order valence-electron chi connectivity index (χ2n) is 16.1. The van der Waals surface area contributed by atoms with E-state index in [0.717, 1.165) is 45.0 Å². The topological polar surface area (TPSA) is 35.6 Å². The zero-order valence-corrected chi connectivity index (χ0v) is 33.6. The fourth-order valence-corrected chi connectivity index (χ4v) is 10.1. The Kier molecular flexibility index (Phi) is 7.57. The number of rotatable bonds is 5. The highest BCUT2D eigenvalue weighted by Gasteiger charge is 2.26. The molecule has 62 heavy (non-hydrogen) atoms. The van der Waals surface area contributed by atoms with Gasteiger partial charge >= 0.3 is 0 Å². The van der Waals surface area contributed by atoms with Gasteiger partial charge in [0, 0.05) is 65.8 Å². The Morgan fingerprint density at radius 2 is 0.694 bits per heavy atom. The molecule has 288 valence electrons. The van der Waals surface area contributed by atoms with Crippen molar-refractivity contribution in [1.82, 2.24) is 19.1 Å². The van der Waals surface area contributed by atoms with Crippen LogP contribution in [0.1, 0.15) is 0 Å². The van der Waals surface area contributed by atoms with Gasteiger partial charge in [0.1, 0.15) is 0 Å². The van der Waals surface area contributed by atoms with Crippen molar-refractivity contribution in [3.8, 4) is 45.3 Å². The molecule has 0 amide bonds. The van der Waals surface area contributed by atoms with E-state index in [4.69, 9.17) is 9.97 Å². The molecule has 4 nitrogen and oxygen atoms in total. The second kappa shape index (κ2) is 13.6. The highest BCUT2D eigenvalue weighted by molar-refractivity contribution is 6.45. The third-order valence-corrected chi connectivity index (χ3v) is 12.6. The van der Waals surface area contributed by atoms with Crippen LogP contribution in [0.5, 0.6) is 0 Å². The lowest BCUT2D eigenvalue weighted by Crippen LogP contribution is -1.98. The van der Waals surface area contributed by atoms with Gasteiger partial charge in [-0.25, -0.2) is 9.97 Å². The molecule has 4 heteroatoms. The molecular weight excluding hydrogens is 753 g/mol. The summed E-state index contributed by atoms with van der Waals surface area (Å²) >= 11 is 0. The van der Waals surface area contributed by atoms with Crippen LogP contribution in [0.25, 0.3) is 121 Å². The summed E-state index contributed by atoms with van der Waals surface area (Å²) in [6, 6.07) is 78.4. The quantitative estimate of drug-likeness (QED) is 0.163. The van der Waals surface area contributed by atoms with E-state index in [2.05, 4.69) is 203 Å². The number of para-hydroxylation sites is 3. The summed E-state index contributed by atoms with van der Waals surface area (Å²) in [6.07, 6.45) is 0. The maximum Gasteiger partial charge on any atom is 0.160 e. The van der Waals surface area contributed by atoms with Crippen molar-refractivity contribution in [3.05, 3.63) is 218 Å². The molecule has 13 rings (SSSR count). The fraction of sp³-hybridized carbons (Fsp3) is 0. The minimum atomic E-state index is 0.701. The summed E-state index contributed by atoms with van der Waals surface area (Å²) in [5.74, 6) is 0.701. The number of hydrogen-bond donors (Lipinski definition) is 0. The smallest absolute Gasteiger partial charge is 0.160 e. The van der Waals surface area contributed by atoms with E-state index in [0.29, 0.717) is 5.82 Å². The highest BCUT2D eigenvalue weighted by Crippen LogP contribution is 2.50. The summed E-state index contributed by atoms with van der Waals surface area (Å²) in [7, 11) is 0. The van der Waals surface area contributed by atoms with Crippen LogP contribution in [0.4, 0.5) is 0 Å². The molecule has 0 spiro atoms. The molecular formula is C58H36N4. The van der Waals surface area contributed by atoms with E-state index >= 15 is 0 Å². The molecule has 0 saturated carbocycles. The van der Waals surface area contributed by atoms with Crippen LogP contribution in [-0.4, -0.2) is 19.1 Å². The molecule has 0 fully saturated rings. The van der Waals surface area contributed by atoms with Gasteiger partial charge < -0.3 is 9.13 Å². The normalized spacial score (nSPS) is 11.9. The minimum absolute atomic E-state index is 0.701. The Bertz CT molecular complexity index is 3840. The Hall–Kier alpha value is -8.34. The van der Waals surface area contributed by atoms with E-state index in [-0.39, 0.29) is 0 Å². The van der Waals surface area contributed by atoms with Crippen LogP contribution in [-0.2, 0) is 0 Å². The van der Waals surface area contributed by atoms with Gasteiger partial charge in [-0.15, -0.1) is 0 Å². The fourth-order valence-electron chi connectivity index (χ4n) is 10.1. The molecule has 13 aromatic rings. The molecule has 3 aromatic heterocycles. The third kappa shape index (κ3) is 5.07. The molecule has 10 aromatic carbocycles. The van der Waals surface area contributed by atoms with Crippen LogP contribution in [0.15, 0.2) is 218 Å². The first kappa shape index (κ1) is 34.5. The predicted molar refractivity (Wildman–Crippen MR) is 260 cm³/mol. The summed E-state index contributed by atoms with van der Waals surface area (Å²) < 4.78 is 4.97. The molecule has 0 aliphatic heterocycles. The van der Waals surface area contributed by atoms with Gasteiger partial charge in [-0.3, -0.25) is 0 Å². The Morgan fingerprint density at radius 1 is 0.274 bits per heavy atom. The number of hydrogen-bond acceptors (Lipinski definition) is 2. The maximum absolute atomic E-state index is 5.23. The van der Waals surface area contributed by atoms with Gasteiger partial charge in [0.25, 0.3) is 0 Å². The first-order valence-electron chi connectivity index (χ1n) is 21.2. The molecule has 0 N–H and O–H groups in total. The second-order valence-corrected chi connectivity index (χ2v) is 16.1. The number of fused-ring (bicyclic) bond motifs is 15. The SMILES string of the molecule is c1ccc(-c2cc(-c3cccc(-n4c5ccccc5c5c6c(c7ccccc7c7c6c6ccccc6n7-c6ccccc6)c6ccccc6c54)c3)nc(-c3ccccc3)n2)cc1. The van der Waals surface area contributed by atoms with Crippen molar-refractivity contribution in [1.29, 1.82) is 0 Å². The lowest BCUT2D eigenvalue weighted by molar-refractivity contribution is 1.17. The van der Waals surface area contributed by atoms with Gasteiger partial charge in [-0.1, -0.05) is 176 Å². The molecule has 0 unspecified atom stereocenters. The van der Waals surface area contributed by atoms with E-state index in [1.54, 1.807) is 0 Å². The van der Waals surface area contributed by atoms with Crippen molar-refractivity contribution < 1.29 is 0 Å². The van der Waals surface area contributed by atoms with Gasteiger partial charge in [0.15, 0.2) is 5.82 Å². The molecule has 0 saturated heterocycles. The number of aromatic nitrogens is 4. The third-order valence-electron chi connectivity index (χ3n) is 12.6. The number of nitrogens with zero attached hydrogens (tertiary/aromatic N) is 4. The zero-order valence-electron chi connectivity index (χ0n) is 33.6. The van der Waals surface area contributed by atoms with Gasteiger partial charge in [-0.05, 0) is 58.6 Å². The Labute approximate surface area is 357 Å². The lowest BCUT2D eigenvalue weighted by atomic mass is 9.89. The van der Waals surface area contributed by atoms with Crippen molar-refractivity contribution in [3.63, 3.8) is 0 Å². The number of benzene rings is 10. The molecule has 3 heterocycles. The van der Waals surface area contributed by atoms with E-state index < -0.39 is 0 Å². The van der Waals surface area contributed by atoms with Crippen molar-refractivity contribution in [2.75, 3.05) is 0 Å². The van der Waals surface area contributed by atoms with E-state index in [9.17, 15) is 0 Å². The van der Waals surface area contributed by atoms with E-state index in [1.165, 1.54) is 70.4 Å². The van der Waals surface area contributed by atoms with Crippen LogP contribution in [0.2, 0.25) is 0 Å². The average Bonchev–Trinajstić information content (AvgIpc) is 3.89. The summed E-state index contributed by atoms with van der Waals surface area (Å²) in [6.45, 7) is 0. The van der Waals surface area contributed by atoms with Crippen LogP contribution in [0, 0.1) is 0 Å². The highest BCUT2D eigenvalue weighted by atomic mass is 15.0. The summed E-state index contributed by atoms with van der Waals surface area (Å²) in [4.78, 5) is 10.3. The maximum atomic E-state index is 5.23. The van der Waals surface area contributed by atoms with Crippen molar-refractivity contribution >= 4 is 75.9 Å². The average molecular weight is 789 g/mol. The van der Waals surface area contributed by atoms with Crippen LogP contribution in [0.3, 0.4) is 0 Å². The van der Waals surface area contributed by atoms with E-state index in [1.807, 2.05) is 24.3 Å². The van der Waals surface area contributed by atoms with Crippen molar-refractivity contribution in [2.24, 2.45) is 0 Å². The van der Waals surface area contributed by atoms with Crippen LogP contribution >= 0.6 is 0 Å². The molecule has 0 bridgehead atoms. The lowest BCUT2D eigenvalue weighted by Gasteiger charge is -2.17. The van der Waals surface area contributed by atoms with Gasteiger partial charge in [0.05, 0.1) is 33.5 Å². The first-order valence-corrected chi connectivity index (χ1v) is 21.2. The van der Waals surface area contributed by atoms with Crippen molar-refractivity contribution in [2.45, 2.75) is 0 Å². The Balaban J connectivity index is 1.18. The molecule has 0 aliphatic carbocycles. The van der Waals surface area contributed by atoms with Crippen LogP contribution < -0.4 is 0 Å². The van der Waals surface area contributed by atoms with Gasteiger partial charge in [-0.2, -0.15) is 0 Å². The summed E-state index contributed by atoms with van der Waals surface area (Å²) in [5, 5.41) is 12.5. The van der Waals surface area contributed by atoms with Gasteiger partial charge in [0.2, 0.25) is 0 Å². The standard InChI is InChI=1S/C58H36N4/c1-4-19-37(20-5-1)48-36-49(60-58(59-48)38-21-6-2-7-22-38)39-23-18-26-41(35-39)62-51-34-17-15-32-47(51)54-55-52(43-28-11-13-30-45(43)57(54)62)42-27-10-12-29-44(42)56-53(55)46-31-14-16-33-50(46)61(56)40-24-8-3-9-25-40/h1-36H. The largest absolute Gasteiger partial charge is 0.309 e. The predicted octanol–water partition coefficient (Wildman–Crippen LogP) is 15.1. The summed E-state index contributed by atoms with van der Waals surface area (Å²) in [5.41, 5.74) is 11.8. The Morgan fingerprint density at radius 3 is 1.27 bits per heavy atom. The molecule has 0 radical (unpaired) electrons. The monoisotopic (exact) mass is 788 g/mol. The minimum Gasteiger partial charge on any atom is -0.309 e. The molecule has 0 aliphatic rings. The molecule has 0 atom stereocenters.